The van der Waals surface area contributed by atoms with Crippen LogP contribution in [0.3, 0.4) is 0 Å². The smallest absolute Gasteiger partial charge is 0.271 e. The highest BCUT2D eigenvalue weighted by Crippen LogP contribution is 2.18. The van der Waals surface area contributed by atoms with Gasteiger partial charge in [0, 0.05) is 14.1 Å². The molecule has 0 atom stereocenters. The molecule has 0 spiro atoms. The van der Waals surface area contributed by atoms with Crippen LogP contribution in [-0.2, 0) is 10.0 Å². The molecule has 112 valence electrons. The molecule has 8 nitrogen and oxygen atoms in total. The Hall–Kier alpha value is -2.39. The van der Waals surface area contributed by atoms with Gasteiger partial charge in [-0.15, -0.1) is 0 Å². The van der Waals surface area contributed by atoms with E-state index in [0.29, 0.717) is 5.69 Å². The highest BCUT2D eigenvalue weighted by atomic mass is 32.2. The molecule has 0 unspecified atom stereocenters. The van der Waals surface area contributed by atoms with Crippen molar-refractivity contribution in [2.45, 2.75) is 4.90 Å². The molecule has 2 aromatic rings. The third-order valence-corrected chi connectivity index (χ3v) is 4.69. The van der Waals surface area contributed by atoms with Crippen LogP contribution in [-0.4, -0.2) is 42.5 Å². The number of rotatable bonds is 4. The Labute approximate surface area is 122 Å². The number of nitrogens with two attached hydrogens (primary N) is 2. The molecular formula is C12H15N5O3S. The van der Waals surface area contributed by atoms with Gasteiger partial charge in [0.05, 0.1) is 22.5 Å². The molecule has 0 saturated heterocycles. The number of hydrogen-bond acceptors (Lipinski definition) is 5. The van der Waals surface area contributed by atoms with Gasteiger partial charge in [0.25, 0.3) is 5.91 Å². The number of carbonyl (C=O) groups is 1. The van der Waals surface area contributed by atoms with E-state index in [1.165, 1.54) is 37.1 Å². The maximum atomic E-state index is 11.9. The van der Waals surface area contributed by atoms with E-state index in [1.54, 1.807) is 12.1 Å². The lowest BCUT2D eigenvalue weighted by Gasteiger charge is -2.11. The van der Waals surface area contributed by atoms with E-state index >= 15 is 0 Å². The zero-order valence-electron chi connectivity index (χ0n) is 11.5. The predicted molar refractivity (Wildman–Crippen MR) is 77.4 cm³/mol. The van der Waals surface area contributed by atoms with E-state index < -0.39 is 15.9 Å². The number of aromatic nitrogens is 2. The number of nitrogen functional groups attached to an aromatic ring is 1. The molecule has 1 heterocycles. The molecule has 0 radical (unpaired) electrons. The van der Waals surface area contributed by atoms with Crippen LogP contribution < -0.4 is 11.5 Å². The fourth-order valence-corrected chi connectivity index (χ4v) is 2.59. The number of sulfonamides is 1. The van der Waals surface area contributed by atoms with Gasteiger partial charge in [-0.05, 0) is 24.3 Å². The van der Waals surface area contributed by atoms with Crippen molar-refractivity contribution in [3.63, 3.8) is 0 Å². The first-order valence-electron chi connectivity index (χ1n) is 5.91. The van der Waals surface area contributed by atoms with Gasteiger partial charge in [-0.25, -0.2) is 17.4 Å². The van der Waals surface area contributed by atoms with Gasteiger partial charge in [-0.2, -0.15) is 5.10 Å². The average molecular weight is 309 g/mol. The van der Waals surface area contributed by atoms with Gasteiger partial charge < -0.3 is 11.5 Å². The number of amides is 1. The minimum Gasteiger partial charge on any atom is -0.396 e. The second kappa shape index (κ2) is 5.19. The average Bonchev–Trinajstić information content (AvgIpc) is 2.81. The number of nitrogens with zero attached hydrogens (tertiary/aromatic N) is 3. The number of primary amides is 1. The van der Waals surface area contributed by atoms with E-state index in [1.807, 2.05) is 0 Å². The molecule has 4 N–H and O–H groups in total. The third-order valence-electron chi connectivity index (χ3n) is 2.86. The van der Waals surface area contributed by atoms with Crippen LogP contribution >= 0.6 is 0 Å². The Morgan fingerprint density at radius 3 is 2.24 bits per heavy atom. The van der Waals surface area contributed by atoms with Crippen molar-refractivity contribution in [2.75, 3.05) is 19.8 Å². The van der Waals surface area contributed by atoms with Gasteiger partial charge in [-0.1, -0.05) is 0 Å². The van der Waals surface area contributed by atoms with Crippen LogP contribution in [0.4, 0.5) is 5.69 Å². The summed E-state index contributed by atoms with van der Waals surface area (Å²) in [6.45, 7) is 0. The third kappa shape index (κ3) is 2.73. The molecule has 9 heteroatoms. The van der Waals surface area contributed by atoms with E-state index in [9.17, 15) is 13.2 Å². The molecule has 21 heavy (non-hydrogen) atoms. The summed E-state index contributed by atoms with van der Waals surface area (Å²) in [4.78, 5) is 11.3. The summed E-state index contributed by atoms with van der Waals surface area (Å²) in [5.41, 5.74) is 11.5. The predicted octanol–water partition coefficient (Wildman–Crippen LogP) is -0.196. The molecule has 0 aliphatic heterocycles. The fourth-order valence-electron chi connectivity index (χ4n) is 1.69. The summed E-state index contributed by atoms with van der Waals surface area (Å²) in [5.74, 6) is -0.724. The maximum Gasteiger partial charge on any atom is 0.271 e. The number of carbonyl (C=O) groups excluding carboxylic acids is 1. The molecule has 0 fully saturated rings. The van der Waals surface area contributed by atoms with E-state index in [0.717, 1.165) is 4.31 Å². The monoisotopic (exact) mass is 309 g/mol. The summed E-state index contributed by atoms with van der Waals surface area (Å²) in [7, 11) is -0.577. The normalized spacial score (nSPS) is 11.8. The van der Waals surface area contributed by atoms with Crippen LogP contribution in [0.5, 0.6) is 0 Å². The standard InChI is InChI=1S/C12H15N5O3S/c1-16(2)21(19,20)9-5-3-8(4-6-9)17-7-10(13)11(15-17)12(14)18/h3-7H,13H2,1-2H3,(H2,14,18). The van der Waals surface area contributed by atoms with Gasteiger partial charge in [0.2, 0.25) is 10.0 Å². The Bertz CT molecular complexity index is 778. The highest BCUT2D eigenvalue weighted by Gasteiger charge is 2.17. The van der Waals surface area contributed by atoms with Crippen LogP contribution in [0.2, 0.25) is 0 Å². The second-order valence-corrected chi connectivity index (χ2v) is 6.68. The lowest BCUT2D eigenvalue weighted by atomic mass is 10.3. The van der Waals surface area contributed by atoms with Crippen molar-refractivity contribution >= 4 is 21.6 Å². The zero-order chi connectivity index (χ0) is 15.8. The quantitative estimate of drug-likeness (QED) is 0.809. The minimum atomic E-state index is -3.49. The van der Waals surface area contributed by atoms with Crippen molar-refractivity contribution in [3.8, 4) is 5.69 Å². The van der Waals surface area contributed by atoms with Crippen molar-refractivity contribution in [3.05, 3.63) is 36.2 Å². The summed E-state index contributed by atoms with van der Waals surface area (Å²) in [6.07, 6.45) is 1.44. The molecule has 0 bridgehead atoms. The Balaban J connectivity index is 2.40. The summed E-state index contributed by atoms with van der Waals surface area (Å²) in [6, 6.07) is 6.03. The molecule has 0 aliphatic carbocycles. The second-order valence-electron chi connectivity index (χ2n) is 4.52. The minimum absolute atomic E-state index is 0.0278. The Morgan fingerprint density at radius 2 is 1.81 bits per heavy atom. The van der Waals surface area contributed by atoms with Gasteiger partial charge in [-0.3, -0.25) is 4.79 Å². The van der Waals surface area contributed by atoms with E-state index in [-0.39, 0.29) is 16.3 Å². The number of hydrogen-bond donors (Lipinski definition) is 2. The molecular weight excluding hydrogens is 294 g/mol. The zero-order valence-corrected chi connectivity index (χ0v) is 12.3. The molecule has 2 rings (SSSR count). The fraction of sp³-hybridized carbons (Fsp3) is 0.167. The van der Waals surface area contributed by atoms with Crippen LogP contribution in [0, 0.1) is 0 Å². The van der Waals surface area contributed by atoms with E-state index in [4.69, 9.17) is 11.5 Å². The van der Waals surface area contributed by atoms with Crippen LogP contribution in [0.15, 0.2) is 35.4 Å². The molecule has 1 aromatic carbocycles. The van der Waals surface area contributed by atoms with Gasteiger partial charge in [0.1, 0.15) is 0 Å². The number of anilines is 1. The van der Waals surface area contributed by atoms with Crippen molar-refractivity contribution < 1.29 is 13.2 Å². The number of benzene rings is 1. The molecule has 1 aromatic heterocycles. The molecule has 0 aliphatic rings. The topological polar surface area (TPSA) is 124 Å². The van der Waals surface area contributed by atoms with Crippen molar-refractivity contribution in [2.24, 2.45) is 5.73 Å². The first-order valence-corrected chi connectivity index (χ1v) is 7.35. The lowest BCUT2D eigenvalue weighted by molar-refractivity contribution is 0.0996. The highest BCUT2D eigenvalue weighted by molar-refractivity contribution is 7.89. The van der Waals surface area contributed by atoms with E-state index in [2.05, 4.69) is 5.10 Å². The van der Waals surface area contributed by atoms with Crippen molar-refractivity contribution in [1.29, 1.82) is 0 Å². The largest absolute Gasteiger partial charge is 0.396 e. The first-order chi connectivity index (χ1) is 9.73. The van der Waals surface area contributed by atoms with Crippen LogP contribution in [0.25, 0.3) is 5.69 Å². The Kier molecular flexibility index (Phi) is 3.71. The van der Waals surface area contributed by atoms with Crippen molar-refractivity contribution in [1.82, 2.24) is 14.1 Å². The summed E-state index contributed by atoms with van der Waals surface area (Å²) >= 11 is 0. The maximum absolute atomic E-state index is 11.9. The van der Waals surface area contributed by atoms with Gasteiger partial charge >= 0.3 is 0 Å². The lowest BCUT2D eigenvalue weighted by Crippen LogP contribution is -2.22. The van der Waals surface area contributed by atoms with Crippen LogP contribution in [0.1, 0.15) is 10.5 Å². The molecule has 1 amide bonds. The summed E-state index contributed by atoms with van der Waals surface area (Å²) in [5, 5.41) is 3.96. The molecule has 0 saturated carbocycles. The summed E-state index contributed by atoms with van der Waals surface area (Å²) < 4.78 is 26.4. The Morgan fingerprint density at radius 1 is 1.24 bits per heavy atom. The van der Waals surface area contributed by atoms with Gasteiger partial charge in [0.15, 0.2) is 5.69 Å². The first kappa shape index (κ1) is 15.0. The SMILES string of the molecule is CN(C)S(=O)(=O)c1ccc(-n2cc(N)c(C(N)=O)n2)cc1.